The van der Waals surface area contributed by atoms with Crippen molar-refractivity contribution in [1.29, 1.82) is 0 Å². The number of carboxylic acid groups (broad SMARTS) is 1. The molecule has 0 atom stereocenters. The number of phenolic OH excluding ortho intramolecular Hbond substituents is 2. The molecule has 0 bridgehead atoms. The van der Waals surface area contributed by atoms with Crippen molar-refractivity contribution in [3.8, 4) is 17.2 Å². The molecule has 0 radical (unpaired) electrons. The van der Waals surface area contributed by atoms with Crippen LogP contribution in [0, 0.1) is 0 Å². The number of hydrogen-bond acceptors (Lipinski definition) is 6. The van der Waals surface area contributed by atoms with Gasteiger partial charge in [-0.05, 0) is 42.2 Å². The van der Waals surface area contributed by atoms with Crippen LogP contribution in [0.1, 0.15) is 24.0 Å². The SMILES string of the molecule is O=C(O)CCc1ccc(OOC(=O)CCc2cccc(O)c2O)cc1. The lowest BCUT2D eigenvalue weighted by Gasteiger charge is -2.07. The van der Waals surface area contributed by atoms with E-state index in [1.165, 1.54) is 6.07 Å². The van der Waals surface area contributed by atoms with E-state index in [4.69, 9.17) is 9.99 Å². The molecule has 3 N–H and O–H groups in total. The Hall–Kier alpha value is -3.22. The summed E-state index contributed by atoms with van der Waals surface area (Å²) in [7, 11) is 0. The summed E-state index contributed by atoms with van der Waals surface area (Å²) in [5.74, 6) is -1.68. The third kappa shape index (κ3) is 5.72. The number of carboxylic acids is 1. The fourth-order valence-electron chi connectivity index (χ4n) is 2.12. The van der Waals surface area contributed by atoms with Gasteiger partial charge in [0.05, 0.1) is 6.42 Å². The number of aromatic hydroxyl groups is 2. The van der Waals surface area contributed by atoms with E-state index in [0.717, 1.165) is 5.56 Å². The Bertz CT molecular complexity index is 738. The minimum absolute atomic E-state index is 0.0340. The number of carbonyl (C=O) groups is 2. The molecular weight excluding hydrogens is 328 g/mol. The molecule has 0 unspecified atom stereocenters. The lowest BCUT2D eigenvalue weighted by Crippen LogP contribution is -2.09. The van der Waals surface area contributed by atoms with Crippen LogP contribution in [-0.4, -0.2) is 27.3 Å². The second-order valence-corrected chi connectivity index (χ2v) is 5.36. The highest BCUT2D eigenvalue weighted by molar-refractivity contribution is 5.69. The van der Waals surface area contributed by atoms with E-state index in [1.807, 2.05) is 0 Å². The van der Waals surface area contributed by atoms with Crippen LogP contribution in [0.5, 0.6) is 17.2 Å². The van der Waals surface area contributed by atoms with E-state index in [0.29, 0.717) is 17.7 Å². The molecule has 0 aromatic heterocycles. The minimum Gasteiger partial charge on any atom is -0.504 e. The van der Waals surface area contributed by atoms with Crippen LogP contribution in [0.2, 0.25) is 0 Å². The highest BCUT2D eigenvalue weighted by Gasteiger charge is 2.11. The van der Waals surface area contributed by atoms with Crippen LogP contribution in [0.25, 0.3) is 0 Å². The number of benzene rings is 2. The average molecular weight is 346 g/mol. The van der Waals surface area contributed by atoms with Gasteiger partial charge in [0.1, 0.15) is 0 Å². The summed E-state index contributed by atoms with van der Waals surface area (Å²) in [6.45, 7) is 0. The third-order valence-electron chi connectivity index (χ3n) is 3.48. The van der Waals surface area contributed by atoms with Crippen LogP contribution in [0.15, 0.2) is 42.5 Å². The molecule has 7 nitrogen and oxygen atoms in total. The lowest BCUT2D eigenvalue weighted by atomic mass is 10.1. The van der Waals surface area contributed by atoms with E-state index in [-0.39, 0.29) is 30.8 Å². The van der Waals surface area contributed by atoms with Gasteiger partial charge in [-0.1, -0.05) is 24.3 Å². The zero-order valence-corrected chi connectivity index (χ0v) is 13.3. The summed E-state index contributed by atoms with van der Waals surface area (Å²) in [6.07, 6.45) is 0.601. The first-order chi connectivity index (χ1) is 12.0. The molecule has 0 fully saturated rings. The molecule has 2 aromatic carbocycles. The zero-order valence-electron chi connectivity index (χ0n) is 13.3. The van der Waals surface area contributed by atoms with Crippen molar-refractivity contribution in [2.45, 2.75) is 25.7 Å². The van der Waals surface area contributed by atoms with E-state index < -0.39 is 11.9 Å². The van der Waals surface area contributed by atoms with Gasteiger partial charge in [-0.3, -0.25) is 14.6 Å². The summed E-state index contributed by atoms with van der Waals surface area (Å²) >= 11 is 0. The highest BCUT2D eigenvalue weighted by atomic mass is 17.2. The largest absolute Gasteiger partial charge is 0.504 e. The summed E-state index contributed by atoms with van der Waals surface area (Å²) in [5.41, 5.74) is 1.26. The first-order valence-electron chi connectivity index (χ1n) is 7.63. The van der Waals surface area contributed by atoms with E-state index in [9.17, 15) is 19.8 Å². The molecule has 0 amide bonds. The first kappa shape index (κ1) is 18.1. The van der Waals surface area contributed by atoms with E-state index in [2.05, 4.69) is 4.89 Å². The van der Waals surface area contributed by atoms with Crippen LogP contribution in [-0.2, 0) is 27.3 Å². The summed E-state index contributed by atoms with van der Waals surface area (Å²) in [5, 5.41) is 27.7. The van der Waals surface area contributed by atoms with Gasteiger partial charge in [-0.25, -0.2) is 4.79 Å². The number of aliphatic carboxylic acids is 1. The Morgan fingerprint density at radius 3 is 2.32 bits per heavy atom. The lowest BCUT2D eigenvalue weighted by molar-refractivity contribution is -0.213. The molecule has 0 aliphatic rings. The first-order valence-corrected chi connectivity index (χ1v) is 7.63. The summed E-state index contributed by atoms with van der Waals surface area (Å²) < 4.78 is 0. The van der Waals surface area contributed by atoms with E-state index >= 15 is 0 Å². The third-order valence-corrected chi connectivity index (χ3v) is 3.48. The number of para-hydroxylation sites is 1. The van der Waals surface area contributed by atoms with Gasteiger partial charge in [-0.2, -0.15) is 0 Å². The predicted molar refractivity (Wildman–Crippen MR) is 87.2 cm³/mol. The normalized spacial score (nSPS) is 10.2. The standard InChI is InChI=1S/C18H18O7/c19-15-3-1-2-13(18(15)23)7-11-17(22)25-24-14-8-4-12(5-9-14)6-10-16(20)21/h1-5,8-9,19,23H,6-7,10-11H2,(H,20,21). The van der Waals surface area contributed by atoms with Gasteiger partial charge >= 0.3 is 11.9 Å². The predicted octanol–water partition coefficient (Wildman–Crippen LogP) is 2.58. The molecule has 0 heterocycles. The zero-order chi connectivity index (χ0) is 18.2. The molecule has 0 saturated heterocycles. The van der Waals surface area contributed by atoms with Crippen LogP contribution in [0.3, 0.4) is 0 Å². The molecule has 2 rings (SSSR count). The van der Waals surface area contributed by atoms with Crippen molar-refractivity contribution in [3.63, 3.8) is 0 Å². The molecule has 2 aromatic rings. The van der Waals surface area contributed by atoms with Crippen molar-refractivity contribution >= 4 is 11.9 Å². The van der Waals surface area contributed by atoms with Gasteiger partial charge in [0.25, 0.3) is 0 Å². The molecule has 25 heavy (non-hydrogen) atoms. The second kappa shape index (κ2) is 8.58. The van der Waals surface area contributed by atoms with Gasteiger partial charge in [0.15, 0.2) is 17.2 Å². The molecule has 0 aliphatic heterocycles. The van der Waals surface area contributed by atoms with Crippen LogP contribution in [0.4, 0.5) is 0 Å². The molecule has 0 spiro atoms. The Morgan fingerprint density at radius 1 is 0.920 bits per heavy atom. The number of carbonyl (C=O) groups excluding carboxylic acids is 1. The molecule has 0 aliphatic carbocycles. The van der Waals surface area contributed by atoms with Gasteiger partial charge in [0, 0.05) is 6.42 Å². The van der Waals surface area contributed by atoms with Crippen molar-refractivity contribution in [3.05, 3.63) is 53.6 Å². The second-order valence-electron chi connectivity index (χ2n) is 5.36. The quantitative estimate of drug-likeness (QED) is 0.382. The Balaban J connectivity index is 1.78. The van der Waals surface area contributed by atoms with Gasteiger partial charge in [-0.15, -0.1) is 0 Å². The van der Waals surface area contributed by atoms with Crippen molar-refractivity contribution in [1.82, 2.24) is 0 Å². The van der Waals surface area contributed by atoms with Gasteiger partial charge in [0.2, 0.25) is 0 Å². The fourth-order valence-corrected chi connectivity index (χ4v) is 2.12. The van der Waals surface area contributed by atoms with Crippen LogP contribution < -0.4 is 4.89 Å². The summed E-state index contributed by atoms with van der Waals surface area (Å²) in [6, 6.07) is 11.0. The fraction of sp³-hybridized carbons (Fsp3) is 0.222. The molecular formula is C18H18O7. The Labute approximate surface area is 144 Å². The van der Waals surface area contributed by atoms with Crippen molar-refractivity contribution in [2.24, 2.45) is 0 Å². The monoisotopic (exact) mass is 346 g/mol. The minimum atomic E-state index is -0.868. The van der Waals surface area contributed by atoms with Crippen molar-refractivity contribution < 1.29 is 34.7 Å². The highest BCUT2D eigenvalue weighted by Crippen LogP contribution is 2.29. The molecule has 7 heteroatoms. The maximum atomic E-state index is 11.7. The topological polar surface area (TPSA) is 113 Å². The Kier molecular flexibility index (Phi) is 6.22. The van der Waals surface area contributed by atoms with Crippen LogP contribution >= 0.6 is 0 Å². The maximum absolute atomic E-state index is 11.7. The number of aryl methyl sites for hydroxylation is 2. The number of hydrogen-bond donors (Lipinski definition) is 3. The number of phenols is 2. The summed E-state index contributed by atoms with van der Waals surface area (Å²) in [4.78, 5) is 31.8. The van der Waals surface area contributed by atoms with Crippen molar-refractivity contribution in [2.75, 3.05) is 0 Å². The smallest absolute Gasteiger partial charge is 0.355 e. The molecule has 0 saturated carbocycles. The number of rotatable bonds is 8. The molecule has 132 valence electrons. The van der Waals surface area contributed by atoms with Gasteiger partial charge < -0.3 is 15.3 Å². The maximum Gasteiger partial charge on any atom is 0.355 e. The average Bonchev–Trinajstić information content (AvgIpc) is 2.60. The Morgan fingerprint density at radius 2 is 1.64 bits per heavy atom. The van der Waals surface area contributed by atoms with E-state index in [1.54, 1.807) is 36.4 Å².